The Morgan fingerprint density at radius 1 is 1.15 bits per heavy atom. The highest BCUT2D eigenvalue weighted by Crippen LogP contribution is 2.41. The van der Waals surface area contributed by atoms with Crippen LogP contribution in [0.5, 0.6) is 0 Å². The number of fused-ring (bicyclic) bond motifs is 1. The van der Waals surface area contributed by atoms with E-state index in [2.05, 4.69) is 15.2 Å². The lowest BCUT2D eigenvalue weighted by molar-refractivity contribution is -0.697. The molecule has 1 saturated heterocycles. The first kappa shape index (κ1) is 31.0. The van der Waals surface area contributed by atoms with Crippen LogP contribution in [-0.2, 0) is 20.9 Å². The molecular formula is C26H29Cl2N4O5S3+. The van der Waals surface area contributed by atoms with Gasteiger partial charge >= 0.3 is 5.97 Å². The summed E-state index contributed by atoms with van der Waals surface area (Å²) < 4.78 is 2.07. The number of carboxylic acids is 1. The molecule has 2 amide bonds. The standard InChI is InChI=1S/C26H28Cl2N4O5S3/c27-17-2-3-19(28)20(12-17)39-15-21(34)30-22-24(35)32-23(26(36)37)16(14-40-25(22)32)13-38-18-4-9-31(10-5-18)8-1-6-29-7-11-33/h2-5,9-10,12,22,25,29,33H,1,6-8,11,13-15H2,(H-,30,34,36,37)/p+1/t22-,25+/m0/s1. The van der Waals surface area contributed by atoms with Gasteiger partial charge in [-0.2, -0.15) is 0 Å². The Bertz CT molecular complexity index is 1280. The molecule has 4 N–H and O–H groups in total. The Balaban J connectivity index is 1.30. The number of carbonyl (C=O) groups is 3. The molecule has 0 saturated carbocycles. The third-order valence-electron chi connectivity index (χ3n) is 6.15. The average Bonchev–Trinajstić information content (AvgIpc) is 2.95. The molecule has 2 aromatic rings. The molecule has 214 valence electrons. The summed E-state index contributed by atoms with van der Waals surface area (Å²) in [6, 6.07) is 8.18. The number of carboxylic acid groups (broad SMARTS) is 1. The number of benzene rings is 1. The van der Waals surface area contributed by atoms with Crippen LogP contribution in [-0.4, -0.2) is 81.3 Å². The summed E-state index contributed by atoms with van der Waals surface area (Å²) in [5.74, 6) is -0.979. The molecule has 2 aliphatic heterocycles. The molecule has 4 rings (SSSR count). The zero-order chi connectivity index (χ0) is 28.6. The Labute approximate surface area is 255 Å². The number of amides is 2. The van der Waals surface area contributed by atoms with Crippen molar-refractivity contribution >= 4 is 76.3 Å². The fourth-order valence-electron chi connectivity index (χ4n) is 4.19. The van der Waals surface area contributed by atoms with E-state index in [-0.39, 0.29) is 24.0 Å². The highest BCUT2D eigenvalue weighted by molar-refractivity contribution is 8.01. The number of β-lactam (4-membered cyclic amide) rings is 1. The van der Waals surface area contributed by atoms with Gasteiger partial charge in [-0.25, -0.2) is 9.36 Å². The largest absolute Gasteiger partial charge is 0.477 e. The lowest BCUT2D eigenvalue weighted by Gasteiger charge is -2.49. The topological polar surface area (TPSA) is 123 Å². The summed E-state index contributed by atoms with van der Waals surface area (Å²) in [5, 5.41) is 25.2. The molecule has 0 aliphatic carbocycles. The predicted octanol–water partition coefficient (Wildman–Crippen LogP) is 2.88. The van der Waals surface area contributed by atoms with Crippen molar-refractivity contribution in [2.24, 2.45) is 0 Å². The maximum atomic E-state index is 12.9. The molecule has 2 aliphatic rings. The third-order valence-corrected chi connectivity index (χ3v) is 10.3. The number of nitrogens with zero attached hydrogens (tertiary/aromatic N) is 2. The summed E-state index contributed by atoms with van der Waals surface area (Å²) in [7, 11) is 0. The van der Waals surface area contributed by atoms with E-state index in [1.165, 1.54) is 40.2 Å². The molecule has 0 radical (unpaired) electrons. The summed E-state index contributed by atoms with van der Waals surface area (Å²) in [6.45, 7) is 2.39. The van der Waals surface area contributed by atoms with Crippen LogP contribution in [0.3, 0.4) is 0 Å². The third kappa shape index (κ3) is 7.87. The van der Waals surface area contributed by atoms with Crippen molar-refractivity contribution in [3.8, 4) is 0 Å². The van der Waals surface area contributed by atoms with Crippen LogP contribution < -0.4 is 15.2 Å². The number of aryl methyl sites for hydroxylation is 1. The minimum Gasteiger partial charge on any atom is -0.477 e. The number of halogens is 2. The lowest BCUT2D eigenvalue weighted by Crippen LogP contribution is -2.70. The average molecular weight is 645 g/mol. The van der Waals surface area contributed by atoms with Crippen LogP contribution in [0.2, 0.25) is 10.0 Å². The number of aliphatic carboxylic acids is 1. The number of hydrogen-bond donors (Lipinski definition) is 4. The fraction of sp³-hybridized carbons (Fsp3) is 0.385. The van der Waals surface area contributed by atoms with E-state index in [0.717, 1.165) is 24.4 Å². The molecule has 0 bridgehead atoms. The molecule has 40 heavy (non-hydrogen) atoms. The second-order valence-corrected chi connectivity index (χ2v) is 13.0. The molecular weight excluding hydrogens is 615 g/mol. The zero-order valence-electron chi connectivity index (χ0n) is 21.3. The SMILES string of the molecule is O=C(CSc1cc(Cl)ccc1Cl)N[C@H]1C(=O)N2C(C(=O)O)=C(CSc3cc[n+](CCCNCCO)cc3)CS[C@H]12. The molecule has 9 nitrogen and oxygen atoms in total. The van der Waals surface area contributed by atoms with Gasteiger partial charge < -0.3 is 20.8 Å². The van der Waals surface area contributed by atoms with E-state index in [4.69, 9.17) is 28.3 Å². The zero-order valence-corrected chi connectivity index (χ0v) is 25.3. The number of aromatic nitrogens is 1. The van der Waals surface area contributed by atoms with Crippen LogP contribution in [0, 0.1) is 0 Å². The summed E-state index contributed by atoms with van der Waals surface area (Å²) >= 11 is 16.3. The maximum Gasteiger partial charge on any atom is 0.352 e. The van der Waals surface area contributed by atoms with Gasteiger partial charge in [0.25, 0.3) is 5.91 Å². The number of carbonyl (C=O) groups excluding carboxylic acids is 2. The van der Waals surface area contributed by atoms with Gasteiger partial charge in [0, 0.05) is 58.0 Å². The van der Waals surface area contributed by atoms with Crippen LogP contribution in [0.4, 0.5) is 0 Å². The van der Waals surface area contributed by atoms with E-state index < -0.39 is 23.3 Å². The van der Waals surface area contributed by atoms with Gasteiger partial charge in [0.15, 0.2) is 12.4 Å². The Hall–Kier alpha value is -1.93. The minimum atomic E-state index is -1.15. The van der Waals surface area contributed by atoms with E-state index in [1.807, 2.05) is 24.5 Å². The quantitative estimate of drug-likeness (QED) is 0.106. The van der Waals surface area contributed by atoms with Gasteiger partial charge in [-0.15, -0.1) is 35.3 Å². The first-order valence-corrected chi connectivity index (χ1v) is 16.3. The van der Waals surface area contributed by atoms with Crippen LogP contribution in [0.15, 0.2) is 63.8 Å². The molecule has 3 heterocycles. The molecule has 1 aromatic carbocycles. The van der Waals surface area contributed by atoms with E-state index >= 15 is 0 Å². The first-order valence-electron chi connectivity index (χ1n) is 12.5. The van der Waals surface area contributed by atoms with E-state index in [9.17, 15) is 19.5 Å². The smallest absolute Gasteiger partial charge is 0.352 e. The number of pyridine rings is 1. The summed E-state index contributed by atoms with van der Waals surface area (Å²) in [4.78, 5) is 40.6. The van der Waals surface area contributed by atoms with Crippen molar-refractivity contribution in [3.63, 3.8) is 0 Å². The maximum absolute atomic E-state index is 12.9. The fourth-order valence-corrected chi connectivity index (χ4v) is 7.86. The van der Waals surface area contributed by atoms with Gasteiger partial charge in [0.2, 0.25) is 5.91 Å². The second kappa shape index (κ2) is 14.8. The highest BCUT2D eigenvalue weighted by atomic mass is 35.5. The Morgan fingerprint density at radius 2 is 1.93 bits per heavy atom. The van der Waals surface area contributed by atoms with Gasteiger partial charge in [-0.05, 0) is 23.8 Å². The number of thioether (sulfide) groups is 3. The predicted molar refractivity (Wildman–Crippen MR) is 159 cm³/mol. The number of hydrogen-bond acceptors (Lipinski definition) is 8. The molecule has 0 spiro atoms. The monoisotopic (exact) mass is 643 g/mol. The van der Waals surface area contributed by atoms with Crippen molar-refractivity contribution in [2.75, 3.05) is 37.0 Å². The molecule has 0 unspecified atom stereocenters. The number of aliphatic hydroxyl groups excluding tert-OH is 1. The molecule has 1 fully saturated rings. The van der Waals surface area contributed by atoms with Gasteiger partial charge in [-0.3, -0.25) is 14.5 Å². The van der Waals surface area contributed by atoms with Crippen LogP contribution in [0.25, 0.3) is 0 Å². The number of rotatable bonds is 14. The summed E-state index contributed by atoms with van der Waals surface area (Å²) in [6.07, 6.45) is 4.90. The summed E-state index contributed by atoms with van der Waals surface area (Å²) in [5.41, 5.74) is 0.683. The number of nitrogens with one attached hydrogen (secondary N) is 2. The molecule has 2 atom stereocenters. The van der Waals surface area contributed by atoms with Crippen molar-refractivity contribution in [2.45, 2.75) is 34.2 Å². The first-order chi connectivity index (χ1) is 19.3. The van der Waals surface area contributed by atoms with Crippen molar-refractivity contribution in [3.05, 3.63) is 64.0 Å². The minimum absolute atomic E-state index is 0.00760. The van der Waals surface area contributed by atoms with Gasteiger partial charge in [0.05, 0.1) is 17.4 Å². The van der Waals surface area contributed by atoms with Crippen molar-refractivity contribution in [1.29, 1.82) is 0 Å². The normalized spacial score (nSPS) is 18.4. The van der Waals surface area contributed by atoms with Crippen LogP contribution in [0.1, 0.15) is 6.42 Å². The number of aliphatic hydroxyl groups is 1. The highest BCUT2D eigenvalue weighted by Gasteiger charge is 2.54. The van der Waals surface area contributed by atoms with Crippen LogP contribution >= 0.6 is 58.5 Å². The van der Waals surface area contributed by atoms with Gasteiger partial charge in [0.1, 0.15) is 23.7 Å². The molecule has 14 heteroatoms. The van der Waals surface area contributed by atoms with E-state index in [0.29, 0.717) is 38.6 Å². The van der Waals surface area contributed by atoms with E-state index in [1.54, 1.807) is 18.2 Å². The molecule has 1 aromatic heterocycles. The van der Waals surface area contributed by atoms with Crippen molar-refractivity contribution < 1.29 is 29.2 Å². The second-order valence-electron chi connectivity index (χ2n) is 8.96. The van der Waals surface area contributed by atoms with Crippen molar-refractivity contribution in [1.82, 2.24) is 15.5 Å². The Morgan fingerprint density at radius 3 is 2.65 bits per heavy atom. The van der Waals surface area contributed by atoms with Gasteiger partial charge in [-0.1, -0.05) is 23.2 Å². The Kier molecular flexibility index (Phi) is 11.5. The lowest BCUT2D eigenvalue weighted by atomic mass is 10.0.